The minimum Gasteiger partial charge on any atom is -0.363 e. The molecule has 1 N–H and O–H groups in total. The highest BCUT2D eigenvalue weighted by molar-refractivity contribution is 5.77. The predicted molar refractivity (Wildman–Crippen MR) is 75.4 cm³/mol. The highest BCUT2D eigenvalue weighted by Gasteiger charge is 2.10. The van der Waals surface area contributed by atoms with E-state index in [1.54, 1.807) is 19.0 Å². The first kappa shape index (κ1) is 17.1. The van der Waals surface area contributed by atoms with Crippen molar-refractivity contribution in [3.05, 3.63) is 12.2 Å². The third kappa shape index (κ3) is 9.19. The monoisotopic (exact) mass is 256 g/mol. The number of carbonyl (C=O) groups excluding carboxylic acids is 1. The Labute approximate surface area is 111 Å². The highest BCUT2D eigenvalue weighted by atomic mass is 16.5. The lowest BCUT2D eigenvalue weighted by molar-refractivity contribution is -0.128. The molecule has 18 heavy (non-hydrogen) atoms. The largest absolute Gasteiger partial charge is 0.363 e. The lowest BCUT2D eigenvalue weighted by Gasteiger charge is -2.19. The average Bonchev–Trinajstić information content (AvgIpc) is 2.35. The zero-order valence-electron chi connectivity index (χ0n) is 12.2. The fourth-order valence-electron chi connectivity index (χ4n) is 1.33. The Balaban J connectivity index is 4.02. The van der Waals surface area contributed by atoms with Gasteiger partial charge in [0.2, 0.25) is 5.91 Å². The van der Waals surface area contributed by atoms with Gasteiger partial charge in [-0.25, -0.2) is 0 Å². The summed E-state index contributed by atoms with van der Waals surface area (Å²) in [5.41, 5.74) is 0. The van der Waals surface area contributed by atoms with Crippen LogP contribution >= 0.6 is 0 Å². The smallest absolute Gasteiger partial charge is 0.236 e. The highest BCUT2D eigenvalue weighted by Crippen LogP contribution is 2.00. The van der Waals surface area contributed by atoms with Crippen molar-refractivity contribution in [3.8, 4) is 0 Å². The summed E-state index contributed by atoms with van der Waals surface area (Å²) in [4.78, 5) is 13.1. The minimum absolute atomic E-state index is 0.0664. The number of allylic oxidation sites excluding steroid dienone is 1. The van der Waals surface area contributed by atoms with Gasteiger partial charge in [-0.15, -0.1) is 0 Å². The number of carbonyl (C=O) groups is 1. The van der Waals surface area contributed by atoms with Gasteiger partial charge in [0, 0.05) is 27.1 Å². The molecule has 0 aromatic rings. The van der Waals surface area contributed by atoms with Gasteiger partial charge in [-0.05, 0) is 12.8 Å². The lowest BCUT2D eigenvalue weighted by atomic mass is 10.3. The van der Waals surface area contributed by atoms with Crippen LogP contribution in [0.3, 0.4) is 0 Å². The number of rotatable bonds is 10. The zero-order valence-corrected chi connectivity index (χ0v) is 12.2. The summed E-state index contributed by atoms with van der Waals surface area (Å²) in [6, 6.07) is 0. The van der Waals surface area contributed by atoms with E-state index in [4.69, 9.17) is 4.74 Å². The van der Waals surface area contributed by atoms with Crippen molar-refractivity contribution in [2.24, 2.45) is 0 Å². The maximum absolute atomic E-state index is 11.5. The van der Waals surface area contributed by atoms with Crippen molar-refractivity contribution in [3.63, 3.8) is 0 Å². The molecule has 0 radical (unpaired) electrons. The second-order valence-corrected chi connectivity index (χ2v) is 4.50. The molecule has 1 atom stereocenters. The van der Waals surface area contributed by atoms with Crippen LogP contribution in [-0.4, -0.2) is 44.3 Å². The van der Waals surface area contributed by atoms with E-state index < -0.39 is 0 Å². The molecule has 0 aliphatic rings. The molecule has 4 nitrogen and oxygen atoms in total. The van der Waals surface area contributed by atoms with Crippen LogP contribution in [0.5, 0.6) is 0 Å². The summed E-state index contributed by atoms with van der Waals surface area (Å²) in [6.07, 6.45) is 8.15. The van der Waals surface area contributed by atoms with Crippen molar-refractivity contribution < 1.29 is 9.53 Å². The number of nitrogens with zero attached hydrogens (tertiary/aromatic N) is 1. The normalized spacial score (nSPS) is 12.9. The Bertz CT molecular complexity index is 240. The summed E-state index contributed by atoms with van der Waals surface area (Å²) in [6.45, 7) is 5.30. The van der Waals surface area contributed by atoms with E-state index in [0.717, 1.165) is 32.3 Å². The minimum atomic E-state index is -0.0664. The number of likely N-dealkylation sites (N-methyl/N-ethyl adjacent to an activating group) is 1. The molecule has 1 unspecified atom stereocenters. The first-order valence-electron chi connectivity index (χ1n) is 6.81. The maximum atomic E-state index is 11.5. The third-order valence-electron chi connectivity index (χ3n) is 2.55. The van der Waals surface area contributed by atoms with Crippen molar-refractivity contribution in [1.82, 2.24) is 10.2 Å². The zero-order chi connectivity index (χ0) is 13.8. The van der Waals surface area contributed by atoms with E-state index in [1.165, 1.54) is 0 Å². The molecule has 0 spiro atoms. The number of nitrogens with one attached hydrogen (secondary N) is 1. The van der Waals surface area contributed by atoms with Crippen LogP contribution in [0.1, 0.15) is 39.5 Å². The topological polar surface area (TPSA) is 41.6 Å². The molecule has 0 aromatic heterocycles. The van der Waals surface area contributed by atoms with E-state index in [9.17, 15) is 4.79 Å². The Hall–Kier alpha value is -0.870. The Kier molecular flexibility index (Phi) is 10.7. The first-order valence-corrected chi connectivity index (χ1v) is 6.81. The number of amides is 1. The summed E-state index contributed by atoms with van der Waals surface area (Å²) >= 11 is 0. The van der Waals surface area contributed by atoms with Gasteiger partial charge in [0.15, 0.2) is 0 Å². The van der Waals surface area contributed by atoms with Crippen LogP contribution in [-0.2, 0) is 9.53 Å². The van der Waals surface area contributed by atoms with Gasteiger partial charge in [-0.1, -0.05) is 32.4 Å². The maximum Gasteiger partial charge on any atom is 0.236 e. The second-order valence-electron chi connectivity index (χ2n) is 4.50. The lowest BCUT2D eigenvalue weighted by Crippen LogP contribution is -2.40. The third-order valence-corrected chi connectivity index (χ3v) is 2.55. The number of ether oxygens (including phenoxy) is 1. The fraction of sp³-hybridized carbons (Fsp3) is 0.786. The van der Waals surface area contributed by atoms with Gasteiger partial charge in [0.1, 0.15) is 6.23 Å². The molecule has 0 aliphatic heterocycles. The van der Waals surface area contributed by atoms with E-state index in [-0.39, 0.29) is 12.1 Å². The van der Waals surface area contributed by atoms with Crippen molar-refractivity contribution >= 4 is 5.91 Å². The standard InChI is InChI=1S/C14H28N2O2/c1-5-7-9-10-13(18-11-8-6-2)15-12-14(17)16(3)4/h7,9,13,15H,5-6,8,10-12H2,1-4H3/b9-7-. The first-order chi connectivity index (χ1) is 8.61. The van der Waals surface area contributed by atoms with E-state index in [1.807, 2.05) is 0 Å². The van der Waals surface area contributed by atoms with Gasteiger partial charge in [0.25, 0.3) is 0 Å². The molecule has 4 heteroatoms. The average molecular weight is 256 g/mol. The van der Waals surface area contributed by atoms with E-state index in [0.29, 0.717) is 6.54 Å². The molecule has 1 amide bonds. The SMILES string of the molecule is CC/C=C\CC(NCC(=O)N(C)C)OCCCC. The van der Waals surface area contributed by atoms with Crippen molar-refractivity contribution in [1.29, 1.82) is 0 Å². The summed E-state index contributed by atoms with van der Waals surface area (Å²) in [7, 11) is 3.52. The van der Waals surface area contributed by atoms with Gasteiger partial charge < -0.3 is 9.64 Å². The summed E-state index contributed by atoms with van der Waals surface area (Å²) in [5, 5.41) is 3.15. The van der Waals surface area contributed by atoms with Crippen LogP contribution in [0.2, 0.25) is 0 Å². The number of hydrogen-bond donors (Lipinski definition) is 1. The van der Waals surface area contributed by atoms with Crippen LogP contribution < -0.4 is 5.32 Å². The molecular formula is C14H28N2O2. The molecule has 0 heterocycles. The summed E-state index contributed by atoms with van der Waals surface area (Å²) in [5.74, 6) is 0.0681. The van der Waals surface area contributed by atoms with Crippen molar-refractivity contribution in [2.75, 3.05) is 27.2 Å². The van der Waals surface area contributed by atoms with Crippen LogP contribution in [0, 0.1) is 0 Å². The van der Waals surface area contributed by atoms with Crippen LogP contribution in [0.15, 0.2) is 12.2 Å². The fourth-order valence-corrected chi connectivity index (χ4v) is 1.33. The summed E-state index contributed by atoms with van der Waals surface area (Å²) < 4.78 is 5.73. The Morgan fingerprint density at radius 3 is 2.61 bits per heavy atom. The molecule has 0 bridgehead atoms. The van der Waals surface area contributed by atoms with Gasteiger partial charge in [-0.2, -0.15) is 0 Å². The molecule has 0 saturated carbocycles. The molecule has 0 aliphatic carbocycles. The van der Waals surface area contributed by atoms with E-state index >= 15 is 0 Å². The van der Waals surface area contributed by atoms with Gasteiger partial charge in [0.05, 0.1) is 6.54 Å². The van der Waals surface area contributed by atoms with Crippen LogP contribution in [0.4, 0.5) is 0 Å². The van der Waals surface area contributed by atoms with E-state index in [2.05, 4.69) is 31.3 Å². The Morgan fingerprint density at radius 2 is 2.06 bits per heavy atom. The Morgan fingerprint density at radius 1 is 1.33 bits per heavy atom. The van der Waals surface area contributed by atoms with Crippen molar-refractivity contribution in [2.45, 2.75) is 45.8 Å². The molecule has 0 aromatic carbocycles. The molecule has 0 rings (SSSR count). The predicted octanol–water partition coefficient (Wildman–Crippen LogP) is 2.16. The quantitative estimate of drug-likeness (QED) is 0.370. The van der Waals surface area contributed by atoms with Crippen LogP contribution in [0.25, 0.3) is 0 Å². The van der Waals surface area contributed by atoms with Gasteiger partial charge in [-0.3, -0.25) is 10.1 Å². The van der Waals surface area contributed by atoms with Gasteiger partial charge >= 0.3 is 0 Å². The number of unbranched alkanes of at least 4 members (excludes halogenated alkanes) is 1. The molecule has 0 fully saturated rings. The second kappa shape index (κ2) is 11.2. The molecule has 106 valence electrons. The molecule has 0 saturated heterocycles. The molecular weight excluding hydrogens is 228 g/mol. The number of hydrogen-bond acceptors (Lipinski definition) is 3.